The van der Waals surface area contributed by atoms with E-state index < -0.39 is 36.4 Å². The second-order valence-corrected chi connectivity index (χ2v) is 6.74. The monoisotopic (exact) mass is 363 g/mol. The number of allylic oxidation sites excluding steroid dienone is 1. The maximum atomic E-state index is 11.9. The Hall–Kier alpha value is -1.52. The fourth-order valence-electron chi connectivity index (χ4n) is 1.30. The van der Waals surface area contributed by atoms with Gasteiger partial charge in [-0.05, 0) is 18.8 Å². The molecule has 0 fully saturated rings. The van der Waals surface area contributed by atoms with Gasteiger partial charge < -0.3 is 26.3 Å². The number of amides is 2. The van der Waals surface area contributed by atoms with E-state index in [9.17, 15) is 19.2 Å². The first-order chi connectivity index (χ1) is 10.9. The minimum absolute atomic E-state index is 0.00922. The maximum absolute atomic E-state index is 11.9. The van der Waals surface area contributed by atoms with Crippen LogP contribution in [0.4, 0.5) is 0 Å². The van der Waals surface area contributed by atoms with Crippen LogP contribution in [-0.4, -0.2) is 53.6 Å². The highest BCUT2D eigenvalue weighted by Crippen LogP contribution is 2.23. The highest BCUT2D eigenvalue weighted by Gasteiger charge is 2.21. The molecule has 0 radical (unpaired) electrons. The van der Waals surface area contributed by atoms with Crippen molar-refractivity contribution in [1.82, 2.24) is 10.6 Å². The average molecular weight is 363 g/mol. The highest BCUT2D eigenvalue weighted by atomic mass is 33.1. The fourth-order valence-corrected chi connectivity index (χ4v) is 3.16. The van der Waals surface area contributed by atoms with Crippen LogP contribution in [0.5, 0.6) is 0 Å². The molecule has 2 amide bonds. The van der Waals surface area contributed by atoms with Gasteiger partial charge in [0.25, 0.3) is 0 Å². The minimum Gasteiger partial charge on any atom is -0.480 e. The molecule has 0 bridgehead atoms. The third-order valence-corrected chi connectivity index (χ3v) is 4.58. The predicted molar refractivity (Wildman–Crippen MR) is 90.7 cm³/mol. The molecule has 0 aromatic carbocycles. The zero-order valence-electron chi connectivity index (χ0n) is 12.7. The number of carbonyl (C=O) groups is 4. The number of hydrogen-bond acceptors (Lipinski definition) is 7. The lowest BCUT2D eigenvalue weighted by atomic mass is 10.2. The van der Waals surface area contributed by atoms with Crippen molar-refractivity contribution in [2.24, 2.45) is 5.73 Å². The van der Waals surface area contributed by atoms with E-state index in [1.165, 1.54) is 21.6 Å². The second kappa shape index (κ2) is 13.0. The van der Waals surface area contributed by atoms with E-state index in [2.05, 4.69) is 10.6 Å². The van der Waals surface area contributed by atoms with E-state index in [4.69, 9.17) is 10.8 Å². The molecule has 130 valence electrons. The van der Waals surface area contributed by atoms with Gasteiger partial charge in [0.15, 0.2) is 0 Å². The summed E-state index contributed by atoms with van der Waals surface area (Å²) in [7, 11) is 2.74. The van der Waals surface area contributed by atoms with E-state index in [0.29, 0.717) is 6.29 Å². The molecule has 10 heteroatoms. The lowest BCUT2D eigenvalue weighted by molar-refractivity contribution is -0.138. The summed E-state index contributed by atoms with van der Waals surface area (Å²) in [5.74, 6) is -1.90. The Bertz CT molecular complexity index is 445. The summed E-state index contributed by atoms with van der Waals surface area (Å²) >= 11 is 0. The van der Waals surface area contributed by atoms with E-state index in [-0.39, 0.29) is 18.6 Å². The van der Waals surface area contributed by atoms with Crippen molar-refractivity contribution in [3.63, 3.8) is 0 Å². The molecular formula is C13H21N3O5S2. The Morgan fingerprint density at radius 2 is 2.04 bits per heavy atom. The molecular weight excluding hydrogens is 342 g/mol. The molecule has 2 atom stereocenters. The molecule has 0 aliphatic heterocycles. The SMILES string of the molecule is C/C=C/SSC[C@H](NC(=O)CC[C@H](N)C=O)C(=O)NCC(=O)O. The summed E-state index contributed by atoms with van der Waals surface area (Å²) in [4.78, 5) is 44.6. The molecule has 8 nitrogen and oxygen atoms in total. The van der Waals surface area contributed by atoms with Crippen molar-refractivity contribution in [2.75, 3.05) is 12.3 Å². The summed E-state index contributed by atoms with van der Waals surface area (Å²) in [5.41, 5.74) is 5.40. The molecule has 0 aromatic heterocycles. The number of carboxylic acid groups (broad SMARTS) is 1. The van der Waals surface area contributed by atoms with Crippen molar-refractivity contribution < 1.29 is 24.3 Å². The third kappa shape index (κ3) is 11.7. The zero-order valence-corrected chi connectivity index (χ0v) is 14.3. The Kier molecular flexibility index (Phi) is 12.1. The van der Waals surface area contributed by atoms with Crippen molar-refractivity contribution >= 4 is 45.7 Å². The predicted octanol–water partition coefficient (Wildman–Crippen LogP) is -0.107. The number of aliphatic carboxylic acids is 1. The molecule has 0 spiro atoms. The lowest BCUT2D eigenvalue weighted by Gasteiger charge is -2.17. The van der Waals surface area contributed by atoms with Crippen LogP contribution in [-0.2, 0) is 19.2 Å². The quantitative estimate of drug-likeness (QED) is 0.214. The Balaban J connectivity index is 4.50. The van der Waals surface area contributed by atoms with Gasteiger partial charge in [0, 0.05) is 12.2 Å². The number of hydrogen-bond donors (Lipinski definition) is 4. The first kappa shape index (κ1) is 21.5. The number of aldehydes is 1. The summed E-state index contributed by atoms with van der Waals surface area (Å²) < 4.78 is 0. The summed E-state index contributed by atoms with van der Waals surface area (Å²) in [6.45, 7) is 1.33. The van der Waals surface area contributed by atoms with Gasteiger partial charge in [0.05, 0.1) is 6.04 Å². The number of nitrogens with two attached hydrogens (primary N) is 1. The average Bonchev–Trinajstić information content (AvgIpc) is 2.52. The molecule has 5 N–H and O–H groups in total. The molecule has 0 unspecified atom stereocenters. The van der Waals surface area contributed by atoms with Crippen LogP contribution in [0.2, 0.25) is 0 Å². The van der Waals surface area contributed by atoms with Gasteiger partial charge in [-0.15, -0.1) is 0 Å². The third-order valence-electron chi connectivity index (χ3n) is 2.44. The standard InChI is InChI=1S/C13H21N3O5S2/c1-2-5-22-23-8-10(13(21)15-6-12(19)20)16-11(18)4-3-9(14)7-17/h2,5,7,9-10H,3-4,6,8,14H2,1H3,(H,15,21)(H,16,18)(H,19,20)/b5-2+/t9-,10-/m0/s1. The van der Waals surface area contributed by atoms with Gasteiger partial charge in [0.2, 0.25) is 11.8 Å². The molecule has 0 aliphatic rings. The smallest absolute Gasteiger partial charge is 0.322 e. The first-order valence-electron chi connectivity index (χ1n) is 6.79. The Morgan fingerprint density at radius 1 is 1.35 bits per heavy atom. The molecule has 0 saturated carbocycles. The van der Waals surface area contributed by atoms with Gasteiger partial charge in [-0.1, -0.05) is 27.7 Å². The number of carbonyl (C=O) groups excluding carboxylic acids is 3. The molecule has 0 heterocycles. The van der Waals surface area contributed by atoms with Crippen molar-refractivity contribution in [3.8, 4) is 0 Å². The highest BCUT2D eigenvalue weighted by molar-refractivity contribution is 8.77. The lowest BCUT2D eigenvalue weighted by Crippen LogP contribution is -2.49. The van der Waals surface area contributed by atoms with Crippen LogP contribution >= 0.6 is 21.6 Å². The van der Waals surface area contributed by atoms with Crippen LogP contribution < -0.4 is 16.4 Å². The van der Waals surface area contributed by atoms with Crippen molar-refractivity contribution in [3.05, 3.63) is 11.5 Å². The molecule has 0 saturated heterocycles. The van der Waals surface area contributed by atoms with Gasteiger partial charge >= 0.3 is 5.97 Å². The topological polar surface area (TPSA) is 139 Å². The Labute approximate surface area is 142 Å². The number of nitrogens with one attached hydrogen (secondary N) is 2. The van der Waals surface area contributed by atoms with Gasteiger partial charge in [-0.3, -0.25) is 14.4 Å². The Morgan fingerprint density at radius 3 is 2.61 bits per heavy atom. The second-order valence-electron chi connectivity index (χ2n) is 4.42. The zero-order chi connectivity index (χ0) is 17.7. The van der Waals surface area contributed by atoms with Crippen molar-refractivity contribution in [2.45, 2.75) is 31.8 Å². The van der Waals surface area contributed by atoms with E-state index in [1.54, 1.807) is 0 Å². The summed E-state index contributed by atoms with van der Waals surface area (Å²) in [5, 5.41) is 15.2. The summed E-state index contributed by atoms with van der Waals surface area (Å²) in [6, 6.07) is -1.59. The number of rotatable bonds is 12. The van der Waals surface area contributed by atoms with Crippen molar-refractivity contribution in [1.29, 1.82) is 0 Å². The van der Waals surface area contributed by atoms with Gasteiger partial charge in [-0.25, -0.2) is 0 Å². The van der Waals surface area contributed by atoms with Crippen LogP contribution in [0.3, 0.4) is 0 Å². The van der Waals surface area contributed by atoms with E-state index in [1.807, 2.05) is 18.4 Å². The van der Waals surface area contributed by atoms with E-state index >= 15 is 0 Å². The first-order valence-corrected chi connectivity index (χ1v) is 9.18. The van der Waals surface area contributed by atoms with Crippen LogP contribution in [0.1, 0.15) is 19.8 Å². The largest absolute Gasteiger partial charge is 0.480 e. The molecule has 23 heavy (non-hydrogen) atoms. The van der Waals surface area contributed by atoms with Crippen LogP contribution in [0.25, 0.3) is 0 Å². The van der Waals surface area contributed by atoms with E-state index in [0.717, 1.165) is 0 Å². The minimum atomic E-state index is -1.17. The molecule has 0 aromatic rings. The number of carboxylic acids is 1. The summed E-state index contributed by atoms with van der Waals surface area (Å²) in [6.07, 6.45) is 2.57. The van der Waals surface area contributed by atoms with Gasteiger partial charge in [0.1, 0.15) is 18.9 Å². The van der Waals surface area contributed by atoms with Crippen LogP contribution in [0.15, 0.2) is 11.5 Å². The molecule has 0 aliphatic carbocycles. The normalized spacial score (nSPS) is 13.3. The fraction of sp³-hybridized carbons (Fsp3) is 0.538. The maximum Gasteiger partial charge on any atom is 0.322 e. The van der Waals surface area contributed by atoms with Crippen LogP contribution in [0, 0.1) is 0 Å². The molecule has 0 rings (SSSR count). The van der Waals surface area contributed by atoms with Gasteiger partial charge in [-0.2, -0.15) is 0 Å².